The third-order valence-electron chi connectivity index (χ3n) is 2.91. The molecule has 0 bridgehead atoms. The average Bonchev–Trinajstić information content (AvgIpc) is 2.49. The van der Waals surface area contributed by atoms with Crippen molar-refractivity contribution in [1.82, 2.24) is 0 Å². The molecule has 0 aliphatic heterocycles. The lowest BCUT2D eigenvalue weighted by Crippen LogP contribution is -2.14. The first-order valence-corrected chi connectivity index (χ1v) is 6.56. The van der Waals surface area contributed by atoms with E-state index in [0.717, 1.165) is 17.0 Å². The Morgan fingerprint density at radius 3 is 2.50 bits per heavy atom. The third-order valence-corrected chi connectivity index (χ3v) is 2.91. The summed E-state index contributed by atoms with van der Waals surface area (Å²) in [7, 11) is 0. The van der Waals surface area contributed by atoms with Crippen molar-refractivity contribution >= 4 is 11.6 Å². The number of amides is 1. The molecule has 2 aromatic rings. The Balaban J connectivity index is 2.11. The van der Waals surface area contributed by atoms with E-state index in [4.69, 9.17) is 10.5 Å². The van der Waals surface area contributed by atoms with E-state index in [1.807, 2.05) is 31.2 Å². The molecule has 0 radical (unpaired) electrons. The van der Waals surface area contributed by atoms with Gasteiger partial charge in [-0.1, -0.05) is 18.2 Å². The monoisotopic (exact) mass is 270 g/mol. The second kappa shape index (κ2) is 6.73. The molecule has 4 nitrogen and oxygen atoms in total. The third kappa shape index (κ3) is 3.36. The van der Waals surface area contributed by atoms with E-state index in [2.05, 4.69) is 5.32 Å². The Morgan fingerprint density at radius 2 is 1.85 bits per heavy atom. The lowest BCUT2D eigenvalue weighted by molar-refractivity contribution is 0.102. The van der Waals surface area contributed by atoms with Gasteiger partial charge in [0, 0.05) is 17.8 Å². The molecule has 20 heavy (non-hydrogen) atoms. The number of carbonyl (C=O) groups is 1. The first-order chi connectivity index (χ1) is 9.74. The van der Waals surface area contributed by atoms with Crippen LogP contribution in [0.15, 0.2) is 48.5 Å². The summed E-state index contributed by atoms with van der Waals surface area (Å²) in [6.07, 6.45) is 0. The number of hydrogen-bond acceptors (Lipinski definition) is 3. The second-order valence-corrected chi connectivity index (χ2v) is 4.27. The summed E-state index contributed by atoms with van der Waals surface area (Å²) >= 11 is 0. The van der Waals surface area contributed by atoms with Crippen molar-refractivity contribution in [2.24, 2.45) is 5.73 Å². The Kier molecular flexibility index (Phi) is 4.74. The highest BCUT2D eigenvalue weighted by Crippen LogP contribution is 2.17. The molecule has 0 fully saturated rings. The highest BCUT2D eigenvalue weighted by molar-refractivity contribution is 6.04. The maximum Gasteiger partial charge on any atom is 0.255 e. The normalized spacial score (nSPS) is 10.1. The van der Waals surface area contributed by atoms with Crippen LogP contribution in [0, 0.1) is 0 Å². The first-order valence-electron chi connectivity index (χ1n) is 6.56. The van der Waals surface area contributed by atoms with Crippen LogP contribution in [-0.2, 0) is 6.54 Å². The van der Waals surface area contributed by atoms with Crippen molar-refractivity contribution in [3.63, 3.8) is 0 Å². The summed E-state index contributed by atoms with van der Waals surface area (Å²) in [4.78, 5) is 12.2. The van der Waals surface area contributed by atoms with Gasteiger partial charge in [0.1, 0.15) is 5.75 Å². The first kappa shape index (κ1) is 14.1. The van der Waals surface area contributed by atoms with Gasteiger partial charge in [-0.3, -0.25) is 4.79 Å². The Labute approximate surface area is 118 Å². The summed E-state index contributed by atoms with van der Waals surface area (Å²) in [5.74, 6) is 0.598. The second-order valence-electron chi connectivity index (χ2n) is 4.27. The Bertz CT molecular complexity index is 579. The Hall–Kier alpha value is -2.33. The predicted octanol–water partition coefficient (Wildman–Crippen LogP) is 2.80. The number of anilines is 1. The van der Waals surface area contributed by atoms with Gasteiger partial charge in [0.25, 0.3) is 5.91 Å². The average molecular weight is 270 g/mol. The van der Waals surface area contributed by atoms with E-state index in [1.54, 1.807) is 24.3 Å². The SMILES string of the molecule is CCOc1ccc(C(=O)Nc2ccccc2CN)cc1. The zero-order valence-electron chi connectivity index (χ0n) is 11.4. The lowest BCUT2D eigenvalue weighted by atomic mass is 10.1. The zero-order valence-corrected chi connectivity index (χ0v) is 11.4. The number of ether oxygens (including phenoxy) is 1. The number of carbonyl (C=O) groups excluding carboxylic acids is 1. The van der Waals surface area contributed by atoms with Crippen molar-refractivity contribution in [1.29, 1.82) is 0 Å². The molecular weight excluding hydrogens is 252 g/mol. The summed E-state index contributed by atoms with van der Waals surface area (Å²) in [5, 5.41) is 2.87. The molecule has 2 rings (SSSR count). The molecule has 0 aromatic heterocycles. The van der Waals surface area contributed by atoms with Gasteiger partial charge in [0.15, 0.2) is 0 Å². The van der Waals surface area contributed by atoms with E-state index in [0.29, 0.717) is 18.7 Å². The summed E-state index contributed by atoms with van der Waals surface area (Å²) in [6, 6.07) is 14.6. The number of para-hydroxylation sites is 1. The lowest BCUT2D eigenvalue weighted by Gasteiger charge is -2.10. The van der Waals surface area contributed by atoms with E-state index >= 15 is 0 Å². The van der Waals surface area contributed by atoms with Crippen LogP contribution in [0.1, 0.15) is 22.8 Å². The minimum atomic E-state index is -0.158. The highest BCUT2D eigenvalue weighted by Gasteiger charge is 2.08. The van der Waals surface area contributed by atoms with Crippen LogP contribution in [0.5, 0.6) is 5.75 Å². The number of rotatable bonds is 5. The minimum Gasteiger partial charge on any atom is -0.494 e. The van der Waals surface area contributed by atoms with E-state index in [-0.39, 0.29) is 5.91 Å². The van der Waals surface area contributed by atoms with E-state index in [9.17, 15) is 4.79 Å². The summed E-state index contributed by atoms with van der Waals surface area (Å²) in [6.45, 7) is 2.92. The maximum atomic E-state index is 12.2. The topological polar surface area (TPSA) is 64.3 Å². The largest absolute Gasteiger partial charge is 0.494 e. The zero-order chi connectivity index (χ0) is 14.4. The molecule has 0 unspecified atom stereocenters. The fraction of sp³-hybridized carbons (Fsp3) is 0.188. The number of benzene rings is 2. The van der Waals surface area contributed by atoms with Crippen molar-refractivity contribution < 1.29 is 9.53 Å². The maximum absolute atomic E-state index is 12.2. The summed E-state index contributed by atoms with van der Waals surface area (Å²) in [5.41, 5.74) is 7.89. The molecule has 1 amide bonds. The van der Waals surface area contributed by atoms with Crippen molar-refractivity contribution in [3.8, 4) is 5.75 Å². The molecule has 4 heteroatoms. The van der Waals surface area contributed by atoms with Gasteiger partial charge < -0.3 is 15.8 Å². The van der Waals surface area contributed by atoms with Crippen LogP contribution >= 0.6 is 0 Å². The number of hydrogen-bond donors (Lipinski definition) is 2. The molecule has 0 saturated carbocycles. The van der Waals surface area contributed by atoms with Gasteiger partial charge in [0.05, 0.1) is 6.61 Å². The van der Waals surface area contributed by atoms with E-state index < -0.39 is 0 Å². The predicted molar refractivity (Wildman–Crippen MR) is 79.9 cm³/mol. The smallest absolute Gasteiger partial charge is 0.255 e. The van der Waals surface area contributed by atoms with Crippen molar-refractivity contribution in [2.75, 3.05) is 11.9 Å². The van der Waals surface area contributed by atoms with Gasteiger partial charge in [-0.05, 0) is 42.8 Å². The quantitative estimate of drug-likeness (QED) is 0.878. The molecule has 0 spiro atoms. The van der Waals surface area contributed by atoms with Crippen LogP contribution in [-0.4, -0.2) is 12.5 Å². The van der Waals surface area contributed by atoms with Gasteiger partial charge in [-0.15, -0.1) is 0 Å². The minimum absolute atomic E-state index is 0.158. The molecule has 0 heterocycles. The molecule has 3 N–H and O–H groups in total. The van der Waals surface area contributed by atoms with Crippen molar-refractivity contribution in [2.45, 2.75) is 13.5 Å². The standard InChI is InChI=1S/C16H18N2O2/c1-2-20-14-9-7-12(8-10-14)16(19)18-15-6-4-3-5-13(15)11-17/h3-10H,2,11,17H2,1H3,(H,18,19). The molecule has 0 aliphatic rings. The van der Waals surface area contributed by atoms with Crippen LogP contribution < -0.4 is 15.8 Å². The molecular formula is C16H18N2O2. The Morgan fingerprint density at radius 1 is 1.15 bits per heavy atom. The fourth-order valence-corrected chi connectivity index (χ4v) is 1.88. The molecule has 104 valence electrons. The van der Waals surface area contributed by atoms with Gasteiger partial charge in [0.2, 0.25) is 0 Å². The van der Waals surface area contributed by atoms with Gasteiger partial charge in [-0.25, -0.2) is 0 Å². The van der Waals surface area contributed by atoms with Crippen molar-refractivity contribution in [3.05, 3.63) is 59.7 Å². The summed E-state index contributed by atoms with van der Waals surface area (Å²) < 4.78 is 5.35. The highest BCUT2D eigenvalue weighted by atomic mass is 16.5. The van der Waals surface area contributed by atoms with Crippen LogP contribution in [0.2, 0.25) is 0 Å². The molecule has 0 atom stereocenters. The molecule has 0 aliphatic carbocycles. The van der Waals surface area contributed by atoms with Crippen LogP contribution in [0.25, 0.3) is 0 Å². The number of nitrogens with one attached hydrogen (secondary N) is 1. The van der Waals surface area contributed by atoms with Gasteiger partial charge >= 0.3 is 0 Å². The molecule has 0 saturated heterocycles. The molecule has 2 aromatic carbocycles. The van der Waals surface area contributed by atoms with E-state index in [1.165, 1.54) is 0 Å². The van der Waals surface area contributed by atoms with Gasteiger partial charge in [-0.2, -0.15) is 0 Å². The van der Waals surface area contributed by atoms with Crippen LogP contribution in [0.3, 0.4) is 0 Å². The van der Waals surface area contributed by atoms with Crippen LogP contribution in [0.4, 0.5) is 5.69 Å². The number of nitrogens with two attached hydrogens (primary N) is 1. The fourth-order valence-electron chi connectivity index (χ4n) is 1.88.